The Balaban J connectivity index is 1.55. The van der Waals surface area contributed by atoms with Gasteiger partial charge in [-0.2, -0.15) is 0 Å². The second kappa shape index (κ2) is 6.11. The molecular weight excluding hydrogens is 318 g/mol. The fraction of sp³-hybridized carbons (Fsp3) is 0.579. The molecule has 2 aliphatic rings. The number of fused-ring (bicyclic) bond motifs is 1. The van der Waals surface area contributed by atoms with Gasteiger partial charge >= 0.3 is 0 Å². The molecule has 25 heavy (non-hydrogen) atoms. The summed E-state index contributed by atoms with van der Waals surface area (Å²) < 4.78 is 17.3. The van der Waals surface area contributed by atoms with E-state index in [0.29, 0.717) is 11.8 Å². The highest BCUT2D eigenvalue weighted by Gasteiger charge is 2.37. The molecule has 0 spiro atoms. The minimum Gasteiger partial charge on any atom is -0.487 e. The van der Waals surface area contributed by atoms with Crippen LogP contribution in [0.2, 0.25) is 0 Å². The highest BCUT2D eigenvalue weighted by molar-refractivity contribution is 5.41. The summed E-state index contributed by atoms with van der Waals surface area (Å²) in [5.41, 5.74) is 2.45. The van der Waals surface area contributed by atoms with Gasteiger partial charge in [-0.25, -0.2) is 0 Å². The molecular formula is C19H25N3O3. The average molecular weight is 343 g/mol. The Morgan fingerprint density at radius 3 is 2.88 bits per heavy atom. The van der Waals surface area contributed by atoms with E-state index in [-0.39, 0.29) is 17.7 Å². The van der Waals surface area contributed by atoms with E-state index in [1.54, 1.807) is 7.11 Å². The number of hydrogen-bond donors (Lipinski definition) is 0. The van der Waals surface area contributed by atoms with Gasteiger partial charge in [-0.15, -0.1) is 10.2 Å². The molecule has 1 aromatic heterocycles. The fourth-order valence-electron chi connectivity index (χ4n) is 3.91. The van der Waals surface area contributed by atoms with Gasteiger partial charge in [0.1, 0.15) is 11.4 Å². The van der Waals surface area contributed by atoms with Crippen molar-refractivity contribution in [3.63, 3.8) is 0 Å². The van der Waals surface area contributed by atoms with E-state index < -0.39 is 0 Å². The summed E-state index contributed by atoms with van der Waals surface area (Å²) in [6, 6.07) is 6.61. The van der Waals surface area contributed by atoms with Crippen molar-refractivity contribution in [2.45, 2.75) is 57.9 Å². The molecule has 0 N–H and O–H groups in total. The lowest BCUT2D eigenvalue weighted by Gasteiger charge is -2.21. The Morgan fingerprint density at radius 1 is 1.32 bits per heavy atom. The van der Waals surface area contributed by atoms with Crippen LogP contribution in [0.4, 0.5) is 0 Å². The number of methoxy groups -OCH3 is 1. The first kappa shape index (κ1) is 16.5. The third-order valence-corrected chi connectivity index (χ3v) is 5.04. The van der Waals surface area contributed by atoms with Crippen LogP contribution in [0.25, 0.3) is 0 Å². The molecule has 0 radical (unpaired) electrons. The van der Waals surface area contributed by atoms with Crippen molar-refractivity contribution >= 4 is 0 Å². The summed E-state index contributed by atoms with van der Waals surface area (Å²) in [6.07, 6.45) is 2.01. The first-order chi connectivity index (χ1) is 11.9. The van der Waals surface area contributed by atoms with Crippen LogP contribution in [0.3, 0.4) is 0 Å². The number of benzene rings is 1. The van der Waals surface area contributed by atoms with Crippen molar-refractivity contribution < 1.29 is 13.9 Å². The molecule has 1 fully saturated rings. The number of likely N-dealkylation sites (tertiary alicyclic amines) is 1. The van der Waals surface area contributed by atoms with Gasteiger partial charge in [-0.3, -0.25) is 4.90 Å². The molecule has 0 amide bonds. The van der Waals surface area contributed by atoms with E-state index in [2.05, 4.69) is 47.1 Å². The Hall–Kier alpha value is -1.92. The lowest BCUT2D eigenvalue weighted by atomic mass is 10.00. The molecule has 6 nitrogen and oxygen atoms in total. The third-order valence-electron chi connectivity index (χ3n) is 5.04. The van der Waals surface area contributed by atoms with E-state index in [1.807, 2.05) is 6.92 Å². The van der Waals surface area contributed by atoms with Crippen molar-refractivity contribution in [1.29, 1.82) is 0 Å². The van der Waals surface area contributed by atoms with Crippen molar-refractivity contribution in [2.75, 3.05) is 13.7 Å². The lowest BCUT2D eigenvalue weighted by Crippen LogP contribution is -2.25. The quantitative estimate of drug-likeness (QED) is 0.850. The van der Waals surface area contributed by atoms with Crippen LogP contribution >= 0.6 is 0 Å². The largest absolute Gasteiger partial charge is 0.487 e. The number of ether oxygens (including phenoxy) is 2. The molecule has 1 aromatic carbocycles. The second-order valence-corrected chi connectivity index (χ2v) is 7.68. The molecule has 1 saturated heterocycles. The molecule has 0 bridgehead atoms. The summed E-state index contributed by atoms with van der Waals surface area (Å²) in [5, 5.41) is 8.22. The van der Waals surface area contributed by atoms with Gasteiger partial charge in [0, 0.05) is 33.5 Å². The third kappa shape index (κ3) is 3.28. The van der Waals surface area contributed by atoms with Gasteiger partial charge in [0.2, 0.25) is 11.8 Å². The number of aromatic nitrogens is 2. The van der Waals surface area contributed by atoms with Crippen molar-refractivity contribution in [3.05, 3.63) is 41.1 Å². The molecule has 0 saturated carbocycles. The molecule has 3 heterocycles. The van der Waals surface area contributed by atoms with Crippen LogP contribution in [0.5, 0.6) is 5.75 Å². The highest BCUT2D eigenvalue weighted by Crippen LogP contribution is 2.37. The normalized spacial score (nSPS) is 25.1. The number of aryl methyl sites for hydroxylation is 1. The smallest absolute Gasteiger partial charge is 0.233 e. The molecule has 0 unspecified atom stereocenters. The second-order valence-electron chi connectivity index (χ2n) is 7.68. The zero-order valence-electron chi connectivity index (χ0n) is 15.3. The van der Waals surface area contributed by atoms with Crippen LogP contribution in [0, 0.1) is 6.92 Å². The summed E-state index contributed by atoms with van der Waals surface area (Å²) in [7, 11) is 1.76. The van der Waals surface area contributed by atoms with E-state index in [9.17, 15) is 0 Å². The summed E-state index contributed by atoms with van der Waals surface area (Å²) in [6.45, 7) is 7.78. The molecule has 2 aromatic rings. The molecule has 6 heteroatoms. The molecule has 134 valence electrons. The molecule has 0 aliphatic carbocycles. The minimum atomic E-state index is -0.112. The molecule has 2 atom stereocenters. The zero-order valence-corrected chi connectivity index (χ0v) is 15.3. The number of nitrogens with zero attached hydrogens (tertiary/aromatic N) is 3. The van der Waals surface area contributed by atoms with Gasteiger partial charge in [-0.1, -0.05) is 12.1 Å². The SMILES string of the molecule is CO[C@H]1C[C@H](c2nnc(C)o2)N(Cc2ccc3c(c2)CC(C)(C)O3)C1. The van der Waals surface area contributed by atoms with E-state index in [0.717, 1.165) is 31.7 Å². The van der Waals surface area contributed by atoms with Gasteiger partial charge < -0.3 is 13.9 Å². The highest BCUT2D eigenvalue weighted by atomic mass is 16.5. The Morgan fingerprint density at radius 2 is 2.16 bits per heavy atom. The van der Waals surface area contributed by atoms with E-state index in [4.69, 9.17) is 13.9 Å². The first-order valence-corrected chi connectivity index (χ1v) is 8.81. The topological polar surface area (TPSA) is 60.6 Å². The summed E-state index contributed by atoms with van der Waals surface area (Å²) in [5.74, 6) is 2.30. The van der Waals surface area contributed by atoms with Crippen molar-refractivity contribution in [2.24, 2.45) is 0 Å². The monoisotopic (exact) mass is 343 g/mol. The van der Waals surface area contributed by atoms with Crippen LogP contribution in [0.1, 0.15) is 49.2 Å². The van der Waals surface area contributed by atoms with Crippen LogP contribution in [-0.2, 0) is 17.7 Å². The standard InChI is InChI=1S/C19H25N3O3/c1-12-20-21-18(24-12)16-8-15(23-4)11-22(16)10-13-5-6-17-14(7-13)9-19(2,3)25-17/h5-7,15-16H,8-11H2,1-4H3/t15-,16+/m0/s1. The lowest BCUT2D eigenvalue weighted by molar-refractivity contribution is 0.107. The van der Waals surface area contributed by atoms with Crippen molar-refractivity contribution in [3.8, 4) is 5.75 Å². The van der Waals surface area contributed by atoms with Crippen molar-refractivity contribution in [1.82, 2.24) is 15.1 Å². The molecule has 2 aliphatic heterocycles. The maximum atomic E-state index is 5.98. The Bertz CT molecular complexity index is 771. The van der Waals surface area contributed by atoms with Crippen LogP contribution in [-0.4, -0.2) is 40.5 Å². The summed E-state index contributed by atoms with van der Waals surface area (Å²) >= 11 is 0. The maximum Gasteiger partial charge on any atom is 0.233 e. The van der Waals surface area contributed by atoms with Gasteiger partial charge in [0.05, 0.1) is 12.1 Å². The first-order valence-electron chi connectivity index (χ1n) is 8.81. The predicted molar refractivity (Wildman–Crippen MR) is 92.5 cm³/mol. The average Bonchev–Trinajstić information content (AvgIpc) is 3.22. The van der Waals surface area contributed by atoms with E-state index in [1.165, 1.54) is 11.1 Å². The van der Waals surface area contributed by atoms with Gasteiger partial charge in [0.15, 0.2) is 0 Å². The van der Waals surface area contributed by atoms with Gasteiger partial charge in [0.25, 0.3) is 0 Å². The van der Waals surface area contributed by atoms with E-state index >= 15 is 0 Å². The van der Waals surface area contributed by atoms with Crippen LogP contribution < -0.4 is 4.74 Å². The predicted octanol–water partition coefficient (Wildman–Crippen LogP) is 3.05. The number of rotatable bonds is 4. The maximum absolute atomic E-state index is 5.98. The Labute approximate surface area is 148 Å². The number of hydrogen-bond acceptors (Lipinski definition) is 6. The van der Waals surface area contributed by atoms with Crippen LogP contribution in [0.15, 0.2) is 22.6 Å². The summed E-state index contributed by atoms with van der Waals surface area (Å²) in [4.78, 5) is 2.36. The minimum absolute atomic E-state index is 0.104. The van der Waals surface area contributed by atoms with Gasteiger partial charge in [-0.05, 0) is 37.5 Å². The zero-order chi connectivity index (χ0) is 17.6. The fourth-order valence-corrected chi connectivity index (χ4v) is 3.91. The molecule has 4 rings (SSSR count). The Kier molecular flexibility index (Phi) is 4.04.